The van der Waals surface area contributed by atoms with Gasteiger partial charge in [0, 0.05) is 19.0 Å². The van der Waals surface area contributed by atoms with Crippen LogP contribution in [0.15, 0.2) is 21.9 Å². The number of nitrogens with zero attached hydrogens (tertiary/aromatic N) is 3. The number of ether oxygens (including phenoxy) is 1. The third-order valence-electron chi connectivity index (χ3n) is 5.23. The van der Waals surface area contributed by atoms with Gasteiger partial charge < -0.3 is 14.1 Å². The summed E-state index contributed by atoms with van der Waals surface area (Å²) >= 11 is 1.49. The molecule has 0 radical (unpaired) electrons. The van der Waals surface area contributed by atoms with Gasteiger partial charge in [-0.3, -0.25) is 4.79 Å². The first-order chi connectivity index (χ1) is 11.8. The Kier molecular flexibility index (Phi) is 3.45. The third-order valence-corrected chi connectivity index (χ3v) is 6.09. The molecule has 126 valence electrons. The number of carbonyl (C=O) groups excluding carboxylic acids is 1. The summed E-state index contributed by atoms with van der Waals surface area (Å²) in [5.41, 5.74) is 0. The number of thiophene rings is 1. The van der Waals surface area contributed by atoms with Gasteiger partial charge in [-0.05, 0) is 43.0 Å². The summed E-state index contributed by atoms with van der Waals surface area (Å²) in [5, 5.41) is 10.3. The van der Waals surface area contributed by atoms with Gasteiger partial charge in [-0.1, -0.05) is 6.07 Å². The van der Waals surface area contributed by atoms with Gasteiger partial charge in [0.25, 0.3) is 5.91 Å². The minimum Gasteiger partial charge on any atom is -0.422 e. The van der Waals surface area contributed by atoms with Crippen LogP contribution in [0.4, 0.5) is 0 Å². The molecule has 3 atom stereocenters. The van der Waals surface area contributed by atoms with Crippen molar-refractivity contribution in [3.8, 4) is 0 Å². The molecule has 2 aliphatic heterocycles. The molecule has 1 amide bonds. The van der Waals surface area contributed by atoms with E-state index in [2.05, 4.69) is 10.2 Å². The third kappa shape index (κ3) is 2.56. The Morgan fingerprint density at radius 3 is 2.92 bits per heavy atom. The Bertz CT molecular complexity index is 740. The van der Waals surface area contributed by atoms with Crippen LogP contribution in [0.25, 0.3) is 0 Å². The van der Waals surface area contributed by atoms with Crippen LogP contribution in [0, 0.1) is 5.92 Å². The molecule has 6 nitrogen and oxygen atoms in total. The van der Waals surface area contributed by atoms with Crippen molar-refractivity contribution >= 4 is 17.2 Å². The molecule has 7 heteroatoms. The molecular formula is C17H19N3O3S. The van der Waals surface area contributed by atoms with Crippen LogP contribution >= 0.6 is 11.3 Å². The lowest BCUT2D eigenvalue weighted by atomic mass is 9.91. The highest BCUT2D eigenvalue weighted by atomic mass is 32.1. The molecule has 1 saturated carbocycles. The Labute approximate surface area is 143 Å². The topological polar surface area (TPSA) is 68.5 Å². The number of amides is 1. The molecule has 0 unspecified atom stereocenters. The molecule has 3 fully saturated rings. The van der Waals surface area contributed by atoms with Gasteiger partial charge >= 0.3 is 0 Å². The van der Waals surface area contributed by atoms with E-state index < -0.39 is 0 Å². The monoisotopic (exact) mass is 345 g/mol. The number of aromatic nitrogens is 2. The predicted octanol–water partition coefficient (Wildman–Crippen LogP) is 3.00. The van der Waals surface area contributed by atoms with Crippen molar-refractivity contribution in [2.75, 3.05) is 13.1 Å². The van der Waals surface area contributed by atoms with Crippen molar-refractivity contribution in [1.29, 1.82) is 0 Å². The van der Waals surface area contributed by atoms with Crippen LogP contribution in [0.2, 0.25) is 0 Å². The Morgan fingerprint density at radius 1 is 1.25 bits per heavy atom. The number of hydrogen-bond acceptors (Lipinski definition) is 6. The maximum Gasteiger partial charge on any atom is 0.264 e. The number of rotatable bonds is 3. The van der Waals surface area contributed by atoms with E-state index in [-0.39, 0.29) is 18.1 Å². The largest absolute Gasteiger partial charge is 0.422 e. The second kappa shape index (κ2) is 5.67. The van der Waals surface area contributed by atoms with Crippen molar-refractivity contribution in [3.63, 3.8) is 0 Å². The van der Waals surface area contributed by atoms with Crippen molar-refractivity contribution < 1.29 is 13.9 Å². The lowest BCUT2D eigenvalue weighted by Gasteiger charge is -2.33. The molecule has 1 aliphatic carbocycles. The van der Waals surface area contributed by atoms with E-state index in [1.54, 1.807) is 0 Å². The average Bonchev–Trinajstić information content (AvgIpc) is 3.06. The lowest BCUT2D eigenvalue weighted by Crippen LogP contribution is -2.45. The number of fused-ring (bicyclic) bond motifs is 1. The number of likely N-dealkylation sites (tertiary alicyclic amines) is 1. The van der Waals surface area contributed by atoms with Crippen molar-refractivity contribution in [2.24, 2.45) is 5.92 Å². The van der Waals surface area contributed by atoms with Gasteiger partial charge in [-0.25, -0.2) is 0 Å². The average molecular weight is 345 g/mol. The standard InChI is InChI=1S/C17H19N3O3S/c21-17(14-2-1-7-24-14)20-6-5-11-8-12(22-13(11)9-20)16-19-18-15(23-16)10-3-4-10/h1-2,7,10-13H,3-6,8-9H2/t11-,12-,13+/m1/s1. The van der Waals surface area contributed by atoms with Gasteiger partial charge in [0.15, 0.2) is 0 Å². The van der Waals surface area contributed by atoms with E-state index in [9.17, 15) is 4.79 Å². The normalized spacial score (nSPS) is 29.7. The van der Waals surface area contributed by atoms with Gasteiger partial charge in [0.2, 0.25) is 11.8 Å². The summed E-state index contributed by atoms with van der Waals surface area (Å²) in [5.74, 6) is 2.43. The van der Waals surface area contributed by atoms with Crippen LogP contribution in [-0.2, 0) is 4.74 Å². The quantitative estimate of drug-likeness (QED) is 0.855. The van der Waals surface area contributed by atoms with Crippen LogP contribution in [0.1, 0.15) is 59.2 Å². The number of hydrogen-bond donors (Lipinski definition) is 0. The van der Waals surface area contributed by atoms with Gasteiger partial charge in [-0.15, -0.1) is 21.5 Å². The number of piperidine rings is 1. The highest BCUT2D eigenvalue weighted by Gasteiger charge is 2.43. The minimum absolute atomic E-state index is 0.0731. The molecule has 0 N–H and O–H groups in total. The second-order valence-electron chi connectivity index (χ2n) is 6.93. The maximum atomic E-state index is 12.5. The number of carbonyl (C=O) groups is 1. The molecule has 2 aromatic heterocycles. The van der Waals surface area contributed by atoms with Crippen LogP contribution < -0.4 is 0 Å². The molecule has 0 spiro atoms. The van der Waals surface area contributed by atoms with Crippen LogP contribution in [0.3, 0.4) is 0 Å². The zero-order valence-corrected chi connectivity index (χ0v) is 14.1. The Morgan fingerprint density at radius 2 is 2.12 bits per heavy atom. The molecule has 24 heavy (non-hydrogen) atoms. The van der Waals surface area contributed by atoms with E-state index in [1.165, 1.54) is 11.3 Å². The zero-order valence-electron chi connectivity index (χ0n) is 13.3. The van der Waals surface area contributed by atoms with Crippen molar-refractivity contribution in [1.82, 2.24) is 15.1 Å². The summed E-state index contributed by atoms with van der Waals surface area (Å²) in [6.45, 7) is 1.45. The summed E-state index contributed by atoms with van der Waals surface area (Å²) in [7, 11) is 0. The van der Waals surface area contributed by atoms with Gasteiger partial charge in [0.1, 0.15) is 6.10 Å². The fourth-order valence-corrected chi connectivity index (χ4v) is 4.39. The van der Waals surface area contributed by atoms with Crippen molar-refractivity contribution in [3.05, 3.63) is 34.2 Å². The maximum absolute atomic E-state index is 12.5. The van der Waals surface area contributed by atoms with E-state index in [1.807, 2.05) is 22.4 Å². The lowest BCUT2D eigenvalue weighted by molar-refractivity contribution is -0.0123. The SMILES string of the molecule is O=C(c1cccs1)N1CC[C@@H]2C[C@H](c3nnc(C4CC4)o3)O[C@H]2C1. The van der Waals surface area contributed by atoms with Gasteiger partial charge in [-0.2, -0.15) is 0 Å². The zero-order chi connectivity index (χ0) is 16.1. The highest BCUT2D eigenvalue weighted by Crippen LogP contribution is 2.43. The highest BCUT2D eigenvalue weighted by molar-refractivity contribution is 7.12. The fourth-order valence-electron chi connectivity index (χ4n) is 3.70. The van der Waals surface area contributed by atoms with E-state index in [0.717, 1.165) is 43.0 Å². The van der Waals surface area contributed by atoms with Gasteiger partial charge in [0.05, 0.1) is 11.0 Å². The Hall–Kier alpha value is -1.73. The summed E-state index contributed by atoms with van der Waals surface area (Å²) in [6, 6.07) is 3.80. The summed E-state index contributed by atoms with van der Waals surface area (Å²) in [6.07, 6.45) is 4.15. The molecule has 5 rings (SSSR count). The Balaban J connectivity index is 1.26. The second-order valence-corrected chi connectivity index (χ2v) is 7.88. The van der Waals surface area contributed by atoms with Crippen LogP contribution in [-0.4, -0.2) is 40.2 Å². The van der Waals surface area contributed by atoms with Crippen molar-refractivity contribution in [2.45, 2.75) is 43.8 Å². The predicted molar refractivity (Wildman–Crippen MR) is 86.8 cm³/mol. The van der Waals surface area contributed by atoms with E-state index in [4.69, 9.17) is 9.15 Å². The molecule has 0 aromatic carbocycles. The first kappa shape index (κ1) is 14.6. The van der Waals surface area contributed by atoms with Crippen LogP contribution in [0.5, 0.6) is 0 Å². The minimum atomic E-state index is -0.114. The molecule has 0 bridgehead atoms. The fraction of sp³-hybridized carbons (Fsp3) is 0.588. The molecule has 4 heterocycles. The first-order valence-electron chi connectivity index (χ1n) is 8.59. The summed E-state index contributed by atoms with van der Waals surface area (Å²) in [4.78, 5) is 15.2. The van der Waals surface area contributed by atoms with E-state index >= 15 is 0 Å². The molecule has 3 aliphatic rings. The smallest absolute Gasteiger partial charge is 0.264 e. The van der Waals surface area contributed by atoms with E-state index in [0.29, 0.717) is 24.3 Å². The molecular weight excluding hydrogens is 326 g/mol. The molecule has 2 aromatic rings. The molecule has 2 saturated heterocycles. The summed E-state index contributed by atoms with van der Waals surface area (Å²) < 4.78 is 12.0. The first-order valence-corrected chi connectivity index (χ1v) is 9.47.